The van der Waals surface area contributed by atoms with Gasteiger partial charge in [0, 0.05) is 11.8 Å². The third-order valence-electron chi connectivity index (χ3n) is 4.92. The zero-order valence-electron chi connectivity index (χ0n) is 17.9. The Labute approximate surface area is 195 Å². The number of anilines is 2. The zero-order chi connectivity index (χ0) is 24.3. The number of amides is 1. The average molecular weight is 484 g/mol. The van der Waals surface area contributed by atoms with Crippen molar-refractivity contribution in [3.8, 4) is 17.2 Å². The van der Waals surface area contributed by atoms with Crippen molar-refractivity contribution in [3.05, 3.63) is 71.8 Å². The molecule has 10 nitrogen and oxygen atoms in total. The minimum absolute atomic E-state index is 0.000300. The van der Waals surface area contributed by atoms with Crippen molar-refractivity contribution < 1.29 is 37.3 Å². The minimum atomic E-state index is -4.31. The summed E-state index contributed by atoms with van der Waals surface area (Å²) in [4.78, 5) is 23.9. The number of hydrogen-bond donors (Lipinski definition) is 3. The first-order valence-corrected chi connectivity index (χ1v) is 11.5. The van der Waals surface area contributed by atoms with E-state index in [4.69, 9.17) is 14.2 Å². The van der Waals surface area contributed by atoms with E-state index in [9.17, 15) is 23.1 Å². The van der Waals surface area contributed by atoms with Gasteiger partial charge in [0.25, 0.3) is 15.9 Å². The zero-order valence-corrected chi connectivity index (χ0v) is 18.7. The summed E-state index contributed by atoms with van der Waals surface area (Å²) in [6.45, 7) is 0.827. The largest absolute Gasteiger partial charge is 0.495 e. The Hall–Kier alpha value is -4.25. The summed E-state index contributed by atoms with van der Waals surface area (Å²) in [6.07, 6.45) is 0. The Balaban J connectivity index is 1.62. The van der Waals surface area contributed by atoms with Crippen molar-refractivity contribution >= 4 is 33.3 Å². The Kier molecular flexibility index (Phi) is 6.28. The summed E-state index contributed by atoms with van der Waals surface area (Å²) in [7, 11) is -3.04. The van der Waals surface area contributed by atoms with Crippen LogP contribution in [0.5, 0.6) is 17.2 Å². The number of ether oxygens (including phenoxy) is 3. The topological polar surface area (TPSA) is 140 Å². The van der Waals surface area contributed by atoms with E-state index in [0.717, 1.165) is 6.07 Å². The van der Waals surface area contributed by atoms with Crippen LogP contribution in [0, 0.1) is 0 Å². The van der Waals surface area contributed by atoms with E-state index in [0.29, 0.717) is 30.4 Å². The number of rotatable bonds is 7. The first kappa shape index (κ1) is 22.9. The van der Waals surface area contributed by atoms with Gasteiger partial charge >= 0.3 is 5.97 Å². The molecule has 1 aliphatic rings. The maximum Gasteiger partial charge on any atom is 0.335 e. The van der Waals surface area contributed by atoms with Crippen LogP contribution in [-0.2, 0) is 10.0 Å². The lowest BCUT2D eigenvalue weighted by Crippen LogP contribution is -2.20. The molecule has 0 aliphatic carbocycles. The molecule has 0 aromatic heterocycles. The lowest BCUT2D eigenvalue weighted by molar-refractivity contribution is 0.0696. The maximum atomic E-state index is 13.1. The third-order valence-corrected chi connectivity index (χ3v) is 6.30. The minimum Gasteiger partial charge on any atom is -0.495 e. The van der Waals surface area contributed by atoms with Crippen molar-refractivity contribution in [3.63, 3.8) is 0 Å². The van der Waals surface area contributed by atoms with E-state index in [1.165, 1.54) is 31.4 Å². The number of benzene rings is 3. The quantitative estimate of drug-likeness (QED) is 0.464. The Morgan fingerprint density at radius 3 is 2.44 bits per heavy atom. The number of aromatic carboxylic acids is 1. The molecule has 176 valence electrons. The number of carboxylic acid groups (broad SMARTS) is 1. The molecular formula is C23H20N2O8S. The van der Waals surface area contributed by atoms with Gasteiger partial charge < -0.3 is 24.6 Å². The van der Waals surface area contributed by atoms with Crippen molar-refractivity contribution in [2.24, 2.45) is 0 Å². The lowest BCUT2D eigenvalue weighted by Gasteiger charge is -2.19. The van der Waals surface area contributed by atoms with Gasteiger partial charge in [-0.25, -0.2) is 13.2 Å². The number of para-hydroxylation sites is 1. The first-order valence-electron chi connectivity index (χ1n) is 10.0. The Morgan fingerprint density at radius 2 is 1.71 bits per heavy atom. The van der Waals surface area contributed by atoms with Gasteiger partial charge in [0.15, 0.2) is 11.5 Å². The van der Waals surface area contributed by atoms with Crippen LogP contribution in [0.1, 0.15) is 20.7 Å². The van der Waals surface area contributed by atoms with Crippen LogP contribution in [0.15, 0.2) is 65.6 Å². The van der Waals surface area contributed by atoms with Crippen molar-refractivity contribution in [1.29, 1.82) is 0 Å². The smallest absolute Gasteiger partial charge is 0.335 e. The second-order valence-corrected chi connectivity index (χ2v) is 8.79. The summed E-state index contributed by atoms with van der Waals surface area (Å²) in [5.41, 5.74) is 0.253. The predicted octanol–water partition coefficient (Wildman–Crippen LogP) is 3.22. The standard InChI is InChI=1S/C23H20N2O8S/c1-31-19-8-6-14(23(27)28)12-21(19)34(29,30)25-17-5-3-2-4-16(17)22(26)24-15-7-9-18-20(13-15)33-11-10-32-18/h2-9,12-13,25H,10-11H2,1H3,(H,24,26)(H,27,28). The number of carbonyl (C=O) groups excluding carboxylic acids is 1. The lowest BCUT2D eigenvalue weighted by atomic mass is 10.1. The number of methoxy groups -OCH3 is 1. The Bertz CT molecular complexity index is 1370. The van der Waals surface area contributed by atoms with E-state index in [-0.39, 0.29) is 27.5 Å². The van der Waals surface area contributed by atoms with Gasteiger partial charge in [-0.1, -0.05) is 12.1 Å². The summed E-state index contributed by atoms with van der Waals surface area (Å²) in [5, 5.41) is 11.9. The summed E-state index contributed by atoms with van der Waals surface area (Å²) in [5.74, 6) is -0.853. The second kappa shape index (κ2) is 9.32. The van der Waals surface area contributed by atoms with Crippen molar-refractivity contribution in [1.82, 2.24) is 0 Å². The number of hydrogen-bond acceptors (Lipinski definition) is 7. The van der Waals surface area contributed by atoms with Gasteiger partial charge in [0.1, 0.15) is 23.9 Å². The third kappa shape index (κ3) is 4.74. The monoisotopic (exact) mass is 484 g/mol. The molecule has 3 aromatic carbocycles. The van der Waals surface area contributed by atoms with E-state index >= 15 is 0 Å². The van der Waals surface area contributed by atoms with Gasteiger partial charge in [-0.15, -0.1) is 0 Å². The molecule has 0 fully saturated rings. The average Bonchev–Trinajstić information content (AvgIpc) is 2.83. The van der Waals surface area contributed by atoms with Crippen LogP contribution in [0.2, 0.25) is 0 Å². The fourth-order valence-electron chi connectivity index (χ4n) is 3.31. The van der Waals surface area contributed by atoms with Crippen LogP contribution in [0.3, 0.4) is 0 Å². The highest BCUT2D eigenvalue weighted by Crippen LogP contribution is 2.33. The Morgan fingerprint density at radius 1 is 0.971 bits per heavy atom. The molecule has 0 spiro atoms. The number of carboxylic acids is 1. The molecule has 0 radical (unpaired) electrons. The molecule has 0 saturated heterocycles. The number of fused-ring (bicyclic) bond motifs is 1. The van der Waals surface area contributed by atoms with Gasteiger partial charge in [0.2, 0.25) is 0 Å². The first-order chi connectivity index (χ1) is 16.3. The van der Waals surface area contributed by atoms with E-state index < -0.39 is 21.9 Å². The maximum absolute atomic E-state index is 13.1. The highest BCUT2D eigenvalue weighted by atomic mass is 32.2. The molecule has 34 heavy (non-hydrogen) atoms. The van der Waals surface area contributed by atoms with Crippen LogP contribution >= 0.6 is 0 Å². The van der Waals surface area contributed by atoms with E-state index in [1.54, 1.807) is 30.3 Å². The van der Waals surface area contributed by atoms with E-state index in [2.05, 4.69) is 10.0 Å². The number of nitrogens with one attached hydrogen (secondary N) is 2. The van der Waals surface area contributed by atoms with Crippen LogP contribution in [0.25, 0.3) is 0 Å². The van der Waals surface area contributed by atoms with Crippen LogP contribution in [0.4, 0.5) is 11.4 Å². The highest BCUT2D eigenvalue weighted by molar-refractivity contribution is 7.92. The molecule has 0 unspecified atom stereocenters. The fourth-order valence-corrected chi connectivity index (χ4v) is 4.58. The van der Waals surface area contributed by atoms with Crippen molar-refractivity contribution in [2.75, 3.05) is 30.4 Å². The molecule has 1 amide bonds. The SMILES string of the molecule is COc1ccc(C(=O)O)cc1S(=O)(=O)Nc1ccccc1C(=O)Nc1ccc2c(c1)OCCO2. The summed E-state index contributed by atoms with van der Waals surface area (Å²) < 4.78 is 44.6. The predicted molar refractivity (Wildman–Crippen MR) is 123 cm³/mol. The van der Waals surface area contributed by atoms with Gasteiger partial charge in [-0.3, -0.25) is 9.52 Å². The molecule has 3 N–H and O–H groups in total. The summed E-state index contributed by atoms with van der Waals surface area (Å²) in [6, 6.07) is 14.4. The fraction of sp³-hybridized carbons (Fsp3) is 0.130. The molecule has 0 bridgehead atoms. The summed E-state index contributed by atoms with van der Waals surface area (Å²) >= 11 is 0. The van der Waals surface area contributed by atoms with Gasteiger partial charge in [-0.2, -0.15) is 0 Å². The van der Waals surface area contributed by atoms with Crippen molar-refractivity contribution in [2.45, 2.75) is 4.90 Å². The molecule has 11 heteroatoms. The molecular weight excluding hydrogens is 464 g/mol. The molecule has 0 atom stereocenters. The van der Waals surface area contributed by atoms with Gasteiger partial charge in [0.05, 0.1) is 23.9 Å². The van der Waals surface area contributed by atoms with Crippen LogP contribution < -0.4 is 24.2 Å². The highest BCUT2D eigenvalue weighted by Gasteiger charge is 2.24. The molecule has 1 aliphatic heterocycles. The van der Waals surface area contributed by atoms with E-state index in [1.807, 2.05) is 0 Å². The van der Waals surface area contributed by atoms with Crippen LogP contribution in [-0.4, -0.2) is 45.7 Å². The second-order valence-electron chi connectivity index (χ2n) is 7.13. The number of carbonyl (C=O) groups is 2. The molecule has 1 heterocycles. The number of sulfonamides is 1. The normalized spacial score (nSPS) is 12.5. The molecule has 3 aromatic rings. The molecule has 4 rings (SSSR count). The molecule has 0 saturated carbocycles. The van der Waals surface area contributed by atoms with Gasteiger partial charge in [-0.05, 0) is 42.5 Å².